The molecular formula is C16H26N2O3S. The summed E-state index contributed by atoms with van der Waals surface area (Å²) >= 11 is 1.43. The van der Waals surface area contributed by atoms with Gasteiger partial charge in [0.15, 0.2) is 0 Å². The van der Waals surface area contributed by atoms with Gasteiger partial charge in [0.2, 0.25) is 5.91 Å². The van der Waals surface area contributed by atoms with E-state index in [1.165, 1.54) is 11.3 Å². The van der Waals surface area contributed by atoms with Gasteiger partial charge in [-0.3, -0.25) is 9.69 Å². The molecule has 0 aromatic carbocycles. The summed E-state index contributed by atoms with van der Waals surface area (Å²) in [5.41, 5.74) is 1.46. The van der Waals surface area contributed by atoms with Crippen molar-refractivity contribution in [1.29, 1.82) is 0 Å². The van der Waals surface area contributed by atoms with Crippen LogP contribution in [0.25, 0.3) is 0 Å². The third-order valence-electron chi connectivity index (χ3n) is 3.57. The minimum Gasteiger partial charge on any atom is -0.462 e. The van der Waals surface area contributed by atoms with Crippen molar-refractivity contribution >= 4 is 28.2 Å². The van der Waals surface area contributed by atoms with Crippen LogP contribution in [0.3, 0.4) is 0 Å². The molecule has 124 valence electrons. The second-order valence-electron chi connectivity index (χ2n) is 5.47. The number of esters is 1. The van der Waals surface area contributed by atoms with Gasteiger partial charge < -0.3 is 10.1 Å². The summed E-state index contributed by atoms with van der Waals surface area (Å²) in [7, 11) is 1.90. The van der Waals surface area contributed by atoms with Crippen LogP contribution in [-0.2, 0) is 16.0 Å². The molecule has 0 saturated heterocycles. The number of likely N-dealkylation sites (N-methyl/N-ethyl adjacent to an activating group) is 1. The predicted molar refractivity (Wildman–Crippen MR) is 90.8 cm³/mol. The highest BCUT2D eigenvalue weighted by Crippen LogP contribution is 2.34. The molecule has 1 aromatic heterocycles. The summed E-state index contributed by atoms with van der Waals surface area (Å²) in [5.74, 6) is -0.484. The largest absolute Gasteiger partial charge is 0.462 e. The smallest absolute Gasteiger partial charge is 0.341 e. The third-order valence-corrected chi connectivity index (χ3v) is 4.63. The molecule has 6 heteroatoms. The van der Waals surface area contributed by atoms with Gasteiger partial charge in [0.05, 0.1) is 18.7 Å². The van der Waals surface area contributed by atoms with Crippen LogP contribution in [0.15, 0.2) is 0 Å². The number of hydrogen-bond donors (Lipinski definition) is 1. The Hall–Kier alpha value is -1.40. The first-order chi connectivity index (χ1) is 10.3. The topological polar surface area (TPSA) is 58.6 Å². The molecular weight excluding hydrogens is 300 g/mol. The quantitative estimate of drug-likeness (QED) is 0.782. The number of rotatable bonds is 7. The summed E-state index contributed by atoms with van der Waals surface area (Å²) in [6.07, 6.45) is 0.734. The number of anilines is 1. The van der Waals surface area contributed by atoms with Crippen molar-refractivity contribution in [2.24, 2.45) is 0 Å². The zero-order chi connectivity index (χ0) is 16.9. The normalized spacial score (nSPS) is 11.1. The van der Waals surface area contributed by atoms with Crippen LogP contribution in [0.1, 0.15) is 48.5 Å². The van der Waals surface area contributed by atoms with E-state index in [4.69, 9.17) is 4.74 Å². The SMILES string of the molecule is CCOC(=O)c1c(NC(=O)CN(C)C(C)C)sc(C)c1CC. The minimum atomic E-state index is -0.365. The van der Waals surface area contributed by atoms with Crippen molar-refractivity contribution in [3.05, 3.63) is 16.0 Å². The Kier molecular flexibility index (Phi) is 7.03. The van der Waals surface area contributed by atoms with Gasteiger partial charge in [-0.15, -0.1) is 11.3 Å². The Labute approximate surface area is 136 Å². The van der Waals surface area contributed by atoms with E-state index in [1.54, 1.807) is 6.92 Å². The number of ether oxygens (including phenoxy) is 1. The lowest BCUT2D eigenvalue weighted by Crippen LogP contribution is -2.34. The van der Waals surface area contributed by atoms with Crippen molar-refractivity contribution in [3.63, 3.8) is 0 Å². The van der Waals surface area contributed by atoms with Gasteiger partial charge in [0, 0.05) is 10.9 Å². The monoisotopic (exact) mass is 326 g/mol. The Morgan fingerprint density at radius 1 is 1.32 bits per heavy atom. The molecule has 0 atom stereocenters. The van der Waals surface area contributed by atoms with Crippen molar-refractivity contribution < 1.29 is 14.3 Å². The Morgan fingerprint density at radius 3 is 2.45 bits per heavy atom. The molecule has 0 unspecified atom stereocenters. The molecule has 1 amide bonds. The summed E-state index contributed by atoms with van der Waals surface area (Å²) < 4.78 is 5.13. The van der Waals surface area contributed by atoms with Gasteiger partial charge >= 0.3 is 5.97 Å². The lowest BCUT2D eigenvalue weighted by Gasteiger charge is -2.20. The molecule has 22 heavy (non-hydrogen) atoms. The number of aryl methyl sites for hydroxylation is 1. The minimum absolute atomic E-state index is 0.120. The van der Waals surface area contributed by atoms with E-state index in [2.05, 4.69) is 5.32 Å². The highest BCUT2D eigenvalue weighted by atomic mass is 32.1. The second kappa shape index (κ2) is 8.29. The van der Waals surface area contributed by atoms with Crippen LogP contribution in [0.2, 0.25) is 0 Å². The van der Waals surface area contributed by atoms with Crippen LogP contribution < -0.4 is 5.32 Å². The molecule has 1 N–H and O–H groups in total. The van der Waals surface area contributed by atoms with Gasteiger partial charge in [-0.25, -0.2) is 4.79 Å². The Bertz CT molecular complexity index is 538. The molecule has 1 rings (SSSR count). The fourth-order valence-corrected chi connectivity index (χ4v) is 3.24. The average molecular weight is 326 g/mol. The molecule has 0 spiro atoms. The molecule has 1 aromatic rings. The molecule has 0 aliphatic heterocycles. The molecule has 0 bridgehead atoms. The number of amides is 1. The number of carbonyl (C=O) groups excluding carboxylic acids is 2. The van der Waals surface area contributed by atoms with Crippen LogP contribution in [0.5, 0.6) is 0 Å². The number of hydrogen-bond acceptors (Lipinski definition) is 5. The predicted octanol–water partition coefficient (Wildman–Crippen LogP) is 3.07. The van der Waals surface area contributed by atoms with E-state index >= 15 is 0 Å². The molecule has 0 saturated carbocycles. The first kappa shape index (κ1) is 18.6. The highest BCUT2D eigenvalue weighted by Gasteiger charge is 2.23. The zero-order valence-corrected chi connectivity index (χ0v) is 15.1. The van der Waals surface area contributed by atoms with Gasteiger partial charge in [-0.2, -0.15) is 0 Å². The van der Waals surface area contributed by atoms with Crippen LogP contribution in [0, 0.1) is 6.92 Å². The van der Waals surface area contributed by atoms with Crippen molar-refractivity contribution in [1.82, 2.24) is 4.90 Å². The van der Waals surface area contributed by atoms with Crippen LogP contribution in [-0.4, -0.2) is 43.0 Å². The lowest BCUT2D eigenvalue weighted by molar-refractivity contribution is -0.117. The number of carbonyl (C=O) groups is 2. The standard InChI is InChI=1S/C16H26N2O3S/c1-7-12-11(5)22-15(14(12)16(20)21-8-2)17-13(19)9-18(6)10(3)4/h10H,7-9H2,1-6H3,(H,17,19). The van der Waals surface area contributed by atoms with E-state index in [1.807, 2.05) is 39.6 Å². The number of thiophene rings is 1. The fourth-order valence-electron chi connectivity index (χ4n) is 2.09. The fraction of sp³-hybridized carbons (Fsp3) is 0.625. The van der Waals surface area contributed by atoms with Crippen molar-refractivity contribution in [3.8, 4) is 0 Å². The third kappa shape index (κ3) is 4.55. The molecule has 0 radical (unpaired) electrons. The lowest BCUT2D eigenvalue weighted by atomic mass is 10.1. The van der Waals surface area contributed by atoms with E-state index in [-0.39, 0.29) is 17.9 Å². The first-order valence-corrected chi connectivity index (χ1v) is 8.42. The van der Waals surface area contributed by atoms with E-state index in [9.17, 15) is 9.59 Å². The van der Waals surface area contributed by atoms with Gasteiger partial charge in [0.1, 0.15) is 5.00 Å². The van der Waals surface area contributed by atoms with E-state index < -0.39 is 0 Å². The summed E-state index contributed by atoms with van der Waals surface area (Å²) in [4.78, 5) is 27.3. The van der Waals surface area contributed by atoms with Gasteiger partial charge in [0.25, 0.3) is 0 Å². The molecule has 0 fully saturated rings. The van der Waals surface area contributed by atoms with Crippen LogP contribution >= 0.6 is 11.3 Å². The molecule has 5 nitrogen and oxygen atoms in total. The second-order valence-corrected chi connectivity index (χ2v) is 6.70. The maximum atomic E-state index is 12.2. The molecule has 0 aliphatic carbocycles. The number of nitrogens with zero attached hydrogens (tertiary/aromatic N) is 1. The Balaban J connectivity index is 2.99. The Morgan fingerprint density at radius 2 is 1.95 bits per heavy atom. The summed E-state index contributed by atoms with van der Waals surface area (Å²) in [6, 6.07) is 0.284. The van der Waals surface area contributed by atoms with E-state index in [0.717, 1.165) is 16.9 Å². The average Bonchev–Trinajstić information content (AvgIpc) is 2.74. The van der Waals surface area contributed by atoms with Gasteiger partial charge in [-0.05, 0) is 46.7 Å². The van der Waals surface area contributed by atoms with Gasteiger partial charge in [-0.1, -0.05) is 6.92 Å². The highest BCUT2D eigenvalue weighted by molar-refractivity contribution is 7.16. The van der Waals surface area contributed by atoms with Crippen molar-refractivity contribution in [2.45, 2.75) is 47.1 Å². The molecule has 1 heterocycles. The summed E-state index contributed by atoms with van der Waals surface area (Å²) in [5, 5.41) is 3.46. The number of nitrogens with one attached hydrogen (secondary N) is 1. The molecule has 0 aliphatic rings. The van der Waals surface area contributed by atoms with Crippen molar-refractivity contribution in [2.75, 3.05) is 25.5 Å². The zero-order valence-electron chi connectivity index (χ0n) is 14.3. The van der Waals surface area contributed by atoms with E-state index in [0.29, 0.717) is 23.7 Å². The maximum absolute atomic E-state index is 12.2. The maximum Gasteiger partial charge on any atom is 0.341 e. The van der Waals surface area contributed by atoms with Crippen LogP contribution in [0.4, 0.5) is 5.00 Å². The first-order valence-electron chi connectivity index (χ1n) is 7.61. The summed E-state index contributed by atoms with van der Waals surface area (Å²) in [6.45, 7) is 10.4.